The number of aromatic hydroxyl groups is 1. The van der Waals surface area contributed by atoms with Crippen LogP contribution in [0.4, 0.5) is 13.2 Å². The van der Waals surface area contributed by atoms with Crippen LogP contribution < -0.4 is 0 Å². The van der Waals surface area contributed by atoms with Gasteiger partial charge in [-0.25, -0.2) is 0 Å². The molecule has 0 aromatic heterocycles. The van der Waals surface area contributed by atoms with Crippen LogP contribution in [0.1, 0.15) is 38.5 Å². The third-order valence-electron chi connectivity index (χ3n) is 7.38. The van der Waals surface area contributed by atoms with Crippen LogP contribution in [0.5, 0.6) is 5.75 Å². The lowest BCUT2D eigenvalue weighted by Gasteiger charge is -2.31. The lowest BCUT2D eigenvalue weighted by atomic mass is 9.69. The molecule has 188 valence electrons. The van der Waals surface area contributed by atoms with Crippen LogP contribution in [-0.4, -0.2) is 16.7 Å². The highest BCUT2D eigenvalue weighted by atomic mass is 19.4. The normalized spacial score (nSPS) is 17.7. The zero-order valence-electron chi connectivity index (χ0n) is 20.0. The van der Waals surface area contributed by atoms with E-state index in [4.69, 9.17) is 0 Å². The number of hydrogen-bond donors (Lipinski definition) is 1. The van der Waals surface area contributed by atoms with Gasteiger partial charge in [-0.2, -0.15) is 13.2 Å². The SMILES string of the molecule is O=C1c2c(ccc3c2cc(O)c2ccccc23)C(c2cccc(C(F)(F)F)c2)C(=O)C1Cc1ccccc1. The molecular formula is C32H21F3O3. The van der Waals surface area contributed by atoms with E-state index in [-0.39, 0.29) is 23.3 Å². The summed E-state index contributed by atoms with van der Waals surface area (Å²) < 4.78 is 40.8. The molecule has 5 aromatic carbocycles. The molecule has 0 heterocycles. The Bertz CT molecular complexity index is 1740. The van der Waals surface area contributed by atoms with Gasteiger partial charge in [-0.3, -0.25) is 9.59 Å². The molecule has 0 fully saturated rings. The van der Waals surface area contributed by atoms with Crippen LogP contribution in [0, 0.1) is 5.92 Å². The van der Waals surface area contributed by atoms with Gasteiger partial charge in [-0.15, -0.1) is 0 Å². The molecule has 0 saturated carbocycles. The van der Waals surface area contributed by atoms with E-state index >= 15 is 0 Å². The number of benzene rings is 5. The lowest BCUT2D eigenvalue weighted by Crippen LogP contribution is -2.37. The minimum absolute atomic E-state index is 0.0126. The number of fused-ring (bicyclic) bond motifs is 5. The Balaban J connectivity index is 1.63. The minimum Gasteiger partial charge on any atom is -0.507 e. The number of Topliss-reactive ketones (excluding diaryl/α,β-unsaturated/α-hetero) is 2. The molecule has 5 aromatic rings. The Morgan fingerprint density at radius 2 is 1.39 bits per heavy atom. The number of phenols is 1. The van der Waals surface area contributed by atoms with Crippen LogP contribution in [0.25, 0.3) is 21.5 Å². The first-order valence-electron chi connectivity index (χ1n) is 12.2. The molecule has 0 aliphatic heterocycles. The molecule has 6 heteroatoms. The van der Waals surface area contributed by atoms with Crippen molar-refractivity contribution in [2.24, 2.45) is 5.92 Å². The third kappa shape index (κ3) is 3.84. The van der Waals surface area contributed by atoms with E-state index in [0.717, 1.165) is 28.5 Å². The van der Waals surface area contributed by atoms with Crippen molar-refractivity contribution < 1.29 is 27.9 Å². The monoisotopic (exact) mass is 510 g/mol. The van der Waals surface area contributed by atoms with E-state index in [9.17, 15) is 27.9 Å². The number of ketones is 2. The van der Waals surface area contributed by atoms with E-state index in [1.165, 1.54) is 18.2 Å². The van der Waals surface area contributed by atoms with Gasteiger partial charge in [0, 0.05) is 10.9 Å². The van der Waals surface area contributed by atoms with Gasteiger partial charge in [-0.1, -0.05) is 84.9 Å². The summed E-state index contributed by atoms with van der Waals surface area (Å²) >= 11 is 0. The van der Waals surface area contributed by atoms with Gasteiger partial charge in [0.25, 0.3) is 0 Å². The Hall–Kier alpha value is -4.45. The Morgan fingerprint density at radius 1 is 0.711 bits per heavy atom. The largest absolute Gasteiger partial charge is 0.507 e. The average molecular weight is 511 g/mol. The van der Waals surface area contributed by atoms with Crippen molar-refractivity contribution in [3.8, 4) is 5.75 Å². The summed E-state index contributed by atoms with van der Waals surface area (Å²) in [4.78, 5) is 27.9. The molecule has 0 spiro atoms. The maximum atomic E-state index is 14.0. The van der Waals surface area contributed by atoms with Crippen LogP contribution in [0.2, 0.25) is 0 Å². The van der Waals surface area contributed by atoms with Gasteiger partial charge < -0.3 is 5.11 Å². The maximum absolute atomic E-state index is 14.0. The van der Waals surface area contributed by atoms with Gasteiger partial charge in [0.1, 0.15) is 5.75 Å². The molecular weight excluding hydrogens is 489 g/mol. The number of hydrogen-bond acceptors (Lipinski definition) is 3. The fraction of sp³-hybridized carbons (Fsp3) is 0.125. The molecule has 6 rings (SSSR count). The smallest absolute Gasteiger partial charge is 0.416 e. The molecule has 3 nitrogen and oxygen atoms in total. The van der Waals surface area contributed by atoms with Crippen molar-refractivity contribution in [1.29, 1.82) is 0 Å². The molecule has 1 aliphatic carbocycles. The highest BCUT2D eigenvalue weighted by Crippen LogP contribution is 2.44. The van der Waals surface area contributed by atoms with E-state index in [2.05, 4.69) is 0 Å². The molecule has 2 unspecified atom stereocenters. The summed E-state index contributed by atoms with van der Waals surface area (Å²) in [5, 5.41) is 13.4. The zero-order chi connectivity index (χ0) is 26.6. The lowest BCUT2D eigenvalue weighted by molar-refractivity contribution is -0.137. The van der Waals surface area contributed by atoms with Crippen molar-refractivity contribution in [2.45, 2.75) is 18.5 Å². The van der Waals surface area contributed by atoms with Crippen LogP contribution in [0.15, 0.2) is 97.1 Å². The van der Waals surface area contributed by atoms with Gasteiger partial charge >= 0.3 is 6.18 Å². The van der Waals surface area contributed by atoms with Crippen LogP contribution >= 0.6 is 0 Å². The first-order chi connectivity index (χ1) is 18.2. The van der Waals surface area contributed by atoms with Gasteiger partial charge in [0.05, 0.1) is 17.4 Å². The molecule has 0 bridgehead atoms. The predicted octanol–water partition coefficient (Wildman–Crippen LogP) is 7.47. The average Bonchev–Trinajstić information content (AvgIpc) is 2.91. The van der Waals surface area contributed by atoms with E-state index in [0.29, 0.717) is 16.3 Å². The number of alkyl halides is 3. The first kappa shape index (κ1) is 23.9. The Labute approximate surface area is 216 Å². The van der Waals surface area contributed by atoms with Crippen molar-refractivity contribution in [1.82, 2.24) is 0 Å². The number of carbonyl (C=O) groups excluding carboxylic acids is 2. The summed E-state index contributed by atoms with van der Waals surface area (Å²) in [5.74, 6) is -2.98. The zero-order valence-corrected chi connectivity index (χ0v) is 20.0. The number of rotatable bonds is 3. The molecule has 1 N–H and O–H groups in total. The Morgan fingerprint density at radius 3 is 2.13 bits per heavy atom. The van der Waals surface area contributed by atoms with Crippen molar-refractivity contribution in [3.63, 3.8) is 0 Å². The fourth-order valence-electron chi connectivity index (χ4n) is 5.63. The molecule has 38 heavy (non-hydrogen) atoms. The molecule has 2 atom stereocenters. The summed E-state index contributed by atoms with van der Waals surface area (Å²) in [6.07, 6.45) is -4.45. The summed E-state index contributed by atoms with van der Waals surface area (Å²) in [6, 6.07) is 26.0. The molecule has 0 radical (unpaired) electrons. The number of phenolic OH excluding ortho intramolecular Hbond substituents is 1. The quantitative estimate of drug-likeness (QED) is 0.202. The molecule has 0 amide bonds. The number of halogens is 3. The van der Waals surface area contributed by atoms with Crippen molar-refractivity contribution >= 4 is 33.1 Å². The summed E-state index contributed by atoms with van der Waals surface area (Å²) in [5.41, 5.74) is 0.725. The van der Waals surface area contributed by atoms with E-state index in [1.54, 1.807) is 24.3 Å². The maximum Gasteiger partial charge on any atom is 0.416 e. The second kappa shape index (κ2) is 8.84. The van der Waals surface area contributed by atoms with Gasteiger partial charge in [-0.05, 0) is 51.4 Å². The first-order valence-corrected chi connectivity index (χ1v) is 12.2. The van der Waals surface area contributed by atoms with Gasteiger partial charge in [0.15, 0.2) is 11.6 Å². The summed E-state index contributed by atoms with van der Waals surface area (Å²) in [7, 11) is 0. The highest BCUT2D eigenvalue weighted by molar-refractivity contribution is 6.25. The standard InChI is InChI=1S/C32H21F3O3/c33-32(34,35)20-10-6-9-19(16-20)28-24-14-13-22-21-11-4-5-12-23(21)27(36)17-25(22)29(24)31(38)26(30(28)37)15-18-7-2-1-3-8-18/h1-14,16-17,26,28,36H,15H2. The number of carbonyl (C=O) groups is 2. The predicted molar refractivity (Wildman–Crippen MR) is 139 cm³/mol. The van der Waals surface area contributed by atoms with Crippen LogP contribution in [-0.2, 0) is 17.4 Å². The van der Waals surface area contributed by atoms with E-state index in [1.807, 2.05) is 42.5 Å². The third-order valence-corrected chi connectivity index (χ3v) is 7.38. The second-order valence-electron chi connectivity index (χ2n) is 9.63. The van der Waals surface area contributed by atoms with E-state index < -0.39 is 35.1 Å². The highest BCUT2D eigenvalue weighted by Gasteiger charge is 2.43. The molecule has 1 aliphatic rings. The van der Waals surface area contributed by atoms with Crippen LogP contribution in [0.3, 0.4) is 0 Å². The van der Waals surface area contributed by atoms with Gasteiger partial charge in [0.2, 0.25) is 0 Å². The van der Waals surface area contributed by atoms with Crippen molar-refractivity contribution in [3.05, 3.63) is 125 Å². The minimum atomic E-state index is -4.58. The summed E-state index contributed by atoms with van der Waals surface area (Å²) in [6.45, 7) is 0. The topological polar surface area (TPSA) is 54.4 Å². The second-order valence-corrected chi connectivity index (χ2v) is 9.63. The fourth-order valence-corrected chi connectivity index (χ4v) is 5.63. The van der Waals surface area contributed by atoms with Crippen molar-refractivity contribution in [2.75, 3.05) is 0 Å². The molecule has 0 saturated heterocycles. The Kier molecular flexibility index (Phi) is 5.56.